The summed E-state index contributed by atoms with van der Waals surface area (Å²) in [6.07, 6.45) is 5.08. The highest BCUT2D eigenvalue weighted by Gasteiger charge is 2.21. The molecule has 1 aliphatic heterocycles. The van der Waals surface area contributed by atoms with E-state index in [1.54, 1.807) is 0 Å². The highest BCUT2D eigenvalue weighted by molar-refractivity contribution is 8.00. The molecule has 2 unspecified atom stereocenters. The van der Waals surface area contributed by atoms with Gasteiger partial charge >= 0.3 is 0 Å². The van der Waals surface area contributed by atoms with Gasteiger partial charge in [0.25, 0.3) is 0 Å². The normalized spacial score (nSPS) is 22.8. The van der Waals surface area contributed by atoms with Crippen LogP contribution < -0.4 is 5.32 Å². The third kappa shape index (κ3) is 3.01. The number of hydrogen-bond acceptors (Lipinski definition) is 3. The van der Waals surface area contributed by atoms with Crippen LogP contribution in [0.4, 0.5) is 0 Å². The number of rotatable bonds is 4. The Kier molecular flexibility index (Phi) is 3.89. The number of aromatic nitrogens is 2. The van der Waals surface area contributed by atoms with Gasteiger partial charge in [-0.05, 0) is 24.1 Å². The molecule has 0 aliphatic carbocycles. The molecule has 1 fully saturated rings. The monoisotopic (exact) mass is 273 g/mol. The van der Waals surface area contributed by atoms with Crippen LogP contribution in [0.2, 0.25) is 0 Å². The van der Waals surface area contributed by atoms with E-state index in [-0.39, 0.29) is 0 Å². The summed E-state index contributed by atoms with van der Waals surface area (Å²) in [6.45, 7) is 3.22. The van der Waals surface area contributed by atoms with E-state index in [4.69, 9.17) is 0 Å². The van der Waals surface area contributed by atoms with Crippen LogP contribution in [0.25, 0.3) is 5.69 Å². The SMILES string of the molecule is CC1CC(NCc2ccccc2-n2cccn2)CS1. The third-order valence-electron chi connectivity index (χ3n) is 3.52. The number of para-hydroxylation sites is 1. The van der Waals surface area contributed by atoms with E-state index in [0.717, 1.165) is 11.8 Å². The van der Waals surface area contributed by atoms with Crippen molar-refractivity contribution in [2.75, 3.05) is 5.75 Å². The Labute approximate surface area is 118 Å². The molecule has 1 saturated heterocycles. The zero-order valence-corrected chi connectivity index (χ0v) is 11.9. The first kappa shape index (κ1) is 12.8. The first-order valence-electron chi connectivity index (χ1n) is 6.76. The standard InChI is InChI=1S/C15H19N3S/c1-12-9-14(11-19-12)16-10-13-5-2-3-6-15(13)18-8-4-7-17-18/h2-8,12,14,16H,9-11H2,1H3. The van der Waals surface area contributed by atoms with E-state index < -0.39 is 0 Å². The summed E-state index contributed by atoms with van der Waals surface area (Å²) in [4.78, 5) is 0. The lowest BCUT2D eigenvalue weighted by molar-refractivity contribution is 0.537. The lowest BCUT2D eigenvalue weighted by atomic mass is 10.1. The Hall–Kier alpha value is -1.26. The number of thioether (sulfide) groups is 1. The maximum Gasteiger partial charge on any atom is 0.0690 e. The average Bonchev–Trinajstić information content (AvgIpc) is 3.08. The van der Waals surface area contributed by atoms with E-state index >= 15 is 0 Å². The number of nitrogens with one attached hydrogen (secondary N) is 1. The number of benzene rings is 1. The highest BCUT2D eigenvalue weighted by Crippen LogP contribution is 2.26. The number of hydrogen-bond donors (Lipinski definition) is 1. The van der Waals surface area contributed by atoms with Crippen molar-refractivity contribution in [2.24, 2.45) is 0 Å². The van der Waals surface area contributed by atoms with Gasteiger partial charge in [-0.3, -0.25) is 0 Å². The Balaban J connectivity index is 1.71. The van der Waals surface area contributed by atoms with Gasteiger partial charge in [0.1, 0.15) is 0 Å². The Morgan fingerprint density at radius 3 is 3.00 bits per heavy atom. The molecule has 19 heavy (non-hydrogen) atoms. The van der Waals surface area contributed by atoms with Crippen molar-refractivity contribution in [1.29, 1.82) is 0 Å². The van der Waals surface area contributed by atoms with Crippen molar-refractivity contribution in [1.82, 2.24) is 15.1 Å². The summed E-state index contributed by atoms with van der Waals surface area (Å²) >= 11 is 2.06. The van der Waals surface area contributed by atoms with Gasteiger partial charge in [0, 0.05) is 36.0 Å². The van der Waals surface area contributed by atoms with Crippen LogP contribution in [0.1, 0.15) is 18.9 Å². The smallest absolute Gasteiger partial charge is 0.0690 e. The zero-order valence-electron chi connectivity index (χ0n) is 11.1. The van der Waals surface area contributed by atoms with Crippen molar-refractivity contribution in [3.8, 4) is 5.69 Å². The second-order valence-electron chi connectivity index (χ2n) is 5.04. The van der Waals surface area contributed by atoms with E-state index in [1.807, 2.05) is 23.1 Å². The first-order chi connectivity index (χ1) is 9.33. The summed E-state index contributed by atoms with van der Waals surface area (Å²) in [5.41, 5.74) is 2.47. The van der Waals surface area contributed by atoms with Crippen LogP contribution in [-0.4, -0.2) is 26.8 Å². The number of nitrogens with zero attached hydrogens (tertiary/aromatic N) is 2. The molecule has 3 nitrogen and oxygen atoms in total. The van der Waals surface area contributed by atoms with E-state index in [1.165, 1.54) is 23.4 Å². The van der Waals surface area contributed by atoms with Gasteiger partial charge in [0.05, 0.1) is 5.69 Å². The van der Waals surface area contributed by atoms with Gasteiger partial charge in [0.2, 0.25) is 0 Å². The minimum atomic E-state index is 0.644. The Bertz CT molecular complexity index is 524. The van der Waals surface area contributed by atoms with Gasteiger partial charge in [-0.25, -0.2) is 4.68 Å². The van der Waals surface area contributed by atoms with Gasteiger partial charge in [-0.15, -0.1) is 0 Å². The summed E-state index contributed by atoms with van der Waals surface area (Å²) in [5, 5.41) is 8.78. The van der Waals surface area contributed by atoms with E-state index in [0.29, 0.717) is 6.04 Å². The zero-order chi connectivity index (χ0) is 13.1. The Morgan fingerprint density at radius 1 is 1.37 bits per heavy atom. The van der Waals surface area contributed by atoms with Crippen LogP contribution in [0.3, 0.4) is 0 Å². The fourth-order valence-electron chi connectivity index (χ4n) is 2.51. The van der Waals surface area contributed by atoms with Crippen molar-refractivity contribution in [2.45, 2.75) is 31.2 Å². The molecule has 3 rings (SSSR count). The molecule has 1 aromatic carbocycles. The second-order valence-corrected chi connectivity index (χ2v) is 6.51. The quantitative estimate of drug-likeness (QED) is 0.929. The van der Waals surface area contributed by atoms with Gasteiger partial charge in [-0.2, -0.15) is 16.9 Å². The lowest BCUT2D eigenvalue weighted by Crippen LogP contribution is -2.29. The van der Waals surface area contributed by atoms with Gasteiger partial charge in [0.15, 0.2) is 0 Å². The summed E-state index contributed by atoms with van der Waals surface area (Å²) in [7, 11) is 0. The van der Waals surface area contributed by atoms with Crippen LogP contribution in [0.15, 0.2) is 42.7 Å². The topological polar surface area (TPSA) is 29.9 Å². The third-order valence-corrected chi connectivity index (χ3v) is 4.88. The summed E-state index contributed by atoms with van der Waals surface area (Å²) in [5.74, 6) is 1.23. The second kappa shape index (κ2) is 5.80. The van der Waals surface area contributed by atoms with Gasteiger partial charge < -0.3 is 5.32 Å². The van der Waals surface area contributed by atoms with Crippen LogP contribution >= 0.6 is 11.8 Å². The van der Waals surface area contributed by atoms with Crippen LogP contribution in [-0.2, 0) is 6.54 Å². The molecular weight excluding hydrogens is 254 g/mol. The predicted molar refractivity (Wildman–Crippen MR) is 80.7 cm³/mol. The molecule has 2 heterocycles. The van der Waals surface area contributed by atoms with E-state index in [9.17, 15) is 0 Å². The van der Waals surface area contributed by atoms with Crippen molar-refractivity contribution >= 4 is 11.8 Å². The molecule has 0 amide bonds. The Morgan fingerprint density at radius 2 is 2.26 bits per heavy atom. The maximum absolute atomic E-state index is 4.32. The van der Waals surface area contributed by atoms with Crippen molar-refractivity contribution in [3.05, 3.63) is 48.3 Å². The molecule has 0 radical (unpaired) electrons. The minimum Gasteiger partial charge on any atom is -0.309 e. The predicted octanol–water partition coefficient (Wildman–Crippen LogP) is 2.86. The molecular formula is C15H19N3S. The lowest BCUT2D eigenvalue weighted by Gasteiger charge is -2.14. The largest absolute Gasteiger partial charge is 0.309 e. The van der Waals surface area contributed by atoms with Gasteiger partial charge in [-0.1, -0.05) is 25.1 Å². The summed E-state index contributed by atoms with van der Waals surface area (Å²) in [6, 6.07) is 11.1. The highest BCUT2D eigenvalue weighted by atomic mass is 32.2. The summed E-state index contributed by atoms with van der Waals surface area (Å²) < 4.78 is 1.93. The molecule has 0 bridgehead atoms. The minimum absolute atomic E-state index is 0.644. The van der Waals surface area contributed by atoms with Crippen LogP contribution in [0.5, 0.6) is 0 Å². The first-order valence-corrected chi connectivity index (χ1v) is 7.81. The molecule has 1 N–H and O–H groups in total. The fourth-order valence-corrected chi connectivity index (χ4v) is 3.69. The fraction of sp³-hybridized carbons (Fsp3) is 0.400. The van der Waals surface area contributed by atoms with Crippen molar-refractivity contribution in [3.63, 3.8) is 0 Å². The average molecular weight is 273 g/mol. The molecule has 1 aromatic heterocycles. The maximum atomic E-state index is 4.32. The molecule has 100 valence electrons. The molecule has 4 heteroatoms. The molecule has 2 atom stereocenters. The molecule has 0 spiro atoms. The molecule has 2 aromatic rings. The molecule has 0 saturated carbocycles. The molecule has 1 aliphatic rings. The van der Waals surface area contributed by atoms with E-state index in [2.05, 4.69) is 53.4 Å². The van der Waals surface area contributed by atoms with Crippen molar-refractivity contribution < 1.29 is 0 Å². The van der Waals surface area contributed by atoms with Crippen LogP contribution in [0, 0.1) is 0 Å².